The van der Waals surface area contributed by atoms with Gasteiger partial charge in [0.15, 0.2) is 6.04 Å². The minimum Gasteiger partial charge on any atom is -0.497 e. The van der Waals surface area contributed by atoms with E-state index in [4.69, 9.17) is 4.74 Å². The van der Waals surface area contributed by atoms with E-state index in [1.165, 1.54) is 21.7 Å². The predicted octanol–water partition coefficient (Wildman–Crippen LogP) is 2.04. The highest BCUT2D eigenvalue weighted by molar-refractivity contribution is 5.93. The summed E-state index contributed by atoms with van der Waals surface area (Å²) in [5.41, 5.74) is 4.81. The number of amides is 1. The van der Waals surface area contributed by atoms with Crippen LogP contribution in [0.5, 0.6) is 5.75 Å². The molecule has 2 aromatic carbocycles. The Morgan fingerprint density at radius 2 is 1.78 bits per heavy atom. The van der Waals surface area contributed by atoms with E-state index >= 15 is 0 Å². The second kappa shape index (κ2) is 8.44. The van der Waals surface area contributed by atoms with E-state index in [1.807, 2.05) is 31.2 Å². The number of rotatable bonds is 5. The molecule has 0 saturated carbocycles. The Kier molecular flexibility index (Phi) is 6.01. The quantitative estimate of drug-likeness (QED) is 0.849. The van der Waals surface area contributed by atoms with Crippen LogP contribution < -0.4 is 19.9 Å². The number of carbonyl (C=O) groups is 1. The summed E-state index contributed by atoms with van der Waals surface area (Å²) in [7, 11) is 1.64. The number of methoxy groups -OCH3 is 1. The van der Waals surface area contributed by atoms with Gasteiger partial charge in [-0.15, -0.1) is 0 Å². The lowest BCUT2D eigenvalue weighted by Crippen LogP contribution is -3.19. The summed E-state index contributed by atoms with van der Waals surface area (Å²) in [4.78, 5) is 16.4. The van der Waals surface area contributed by atoms with Crippen molar-refractivity contribution in [3.63, 3.8) is 0 Å². The molecule has 2 aromatic rings. The number of anilines is 2. The largest absolute Gasteiger partial charge is 0.497 e. The van der Waals surface area contributed by atoms with Gasteiger partial charge in [0.05, 0.1) is 33.3 Å². The first-order valence-corrected chi connectivity index (χ1v) is 9.60. The van der Waals surface area contributed by atoms with Crippen LogP contribution in [0.15, 0.2) is 42.5 Å². The molecule has 1 aliphatic heterocycles. The second-order valence-corrected chi connectivity index (χ2v) is 7.30. The molecule has 2 N–H and O–H groups in total. The molecule has 5 heteroatoms. The Labute approximate surface area is 161 Å². The molecule has 5 nitrogen and oxygen atoms in total. The smallest absolute Gasteiger partial charge is 0.282 e. The summed E-state index contributed by atoms with van der Waals surface area (Å²) in [5, 5.41) is 3.02. The van der Waals surface area contributed by atoms with Gasteiger partial charge >= 0.3 is 0 Å². The van der Waals surface area contributed by atoms with Gasteiger partial charge in [0.1, 0.15) is 5.75 Å². The summed E-state index contributed by atoms with van der Waals surface area (Å²) in [6.45, 7) is 10.2. The second-order valence-electron chi connectivity index (χ2n) is 7.30. The van der Waals surface area contributed by atoms with Crippen molar-refractivity contribution in [2.45, 2.75) is 26.8 Å². The summed E-state index contributed by atoms with van der Waals surface area (Å²) in [5.74, 6) is 0.851. The zero-order valence-corrected chi connectivity index (χ0v) is 16.7. The van der Waals surface area contributed by atoms with Crippen molar-refractivity contribution in [3.8, 4) is 5.75 Å². The molecule has 1 aliphatic rings. The van der Waals surface area contributed by atoms with Crippen LogP contribution in [0.3, 0.4) is 0 Å². The van der Waals surface area contributed by atoms with Gasteiger partial charge in [0.2, 0.25) is 0 Å². The Balaban J connectivity index is 1.56. The number of hydrogen-bond acceptors (Lipinski definition) is 3. The molecule has 144 valence electrons. The fourth-order valence-corrected chi connectivity index (χ4v) is 3.66. The van der Waals surface area contributed by atoms with Crippen molar-refractivity contribution in [2.24, 2.45) is 0 Å². The third-order valence-corrected chi connectivity index (χ3v) is 5.69. The molecule has 1 fully saturated rings. The first-order chi connectivity index (χ1) is 13.0. The molecule has 1 amide bonds. The van der Waals surface area contributed by atoms with Gasteiger partial charge in [-0.2, -0.15) is 0 Å². The van der Waals surface area contributed by atoms with E-state index in [1.54, 1.807) is 7.11 Å². The van der Waals surface area contributed by atoms with Gasteiger partial charge in [-0.05, 0) is 62.2 Å². The van der Waals surface area contributed by atoms with Crippen molar-refractivity contribution in [1.82, 2.24) is 0 Å². The maximum atomic E-state index is 12.6. The Morgan fingerprint density at radius 1 is 1.11 bits per heavy atom. The molecular formula is C22H30N3O2+. The molecule has 1 saturated heterocycles. The average Bonchev–Trinajstić information content (AvgIpc) is 2.70. The molecule has 1 atom stereocenters. The van der Waals surface area contributed by atoms with Crippen LogP contribution in [0.1, 0.15) is 18.1 Å². The molecule has 0 aromatic heterocycles. The fourth-order valence-electron chi connectivity index (χ4n) is 3.66. The topological polar surface area (TPSA) is 46.0 Å². The lowest BCUT2D eigenvalue weighted by Gasteiger charge is -2.36. The standard InChI is InChI=1S/C22H29N3O2/c1-16-6-5-7-21(17(16)2)25-14-12-24(13-15-25)18(3)22(26)23-19-8-10-20(27-4)11-9-19/h5-11,18H,12-15H2,1-4H3,(H,23,26)/p+1/t18-/m1/s1. The first kappa shape index (κ1) is 19.2. The Hall–Kier alpha value is -2.53. The number of ether oxygens (including phenoxy) is 1. The number of aryl methyl sites for hydroxylation is 1. The zero-order chi connectivity index (χ0) is 19.4. The van der Waals surface area contributed by atoms with Crippen molar-refractivity contribution in [2.75, 3.05) is 43.5 Å². The number of nitrogens with zero attached hydrogens (tertiary/aromatic N) is 1. The third kappa shape index (κ3) is 4.42. The molecule has 1 heterocycles. The number of hydrogen-bond donors (Lipinski definition) is 2. The van der Waals surface area contributed by atoms with E-state index in [0.29, 0.717) is 0 Å². The van der Waals surface area contributed by atoms with Crippen LogP contribution in [0, 0.1) is 13.8 Å². The van der Waals surface area contributed by atoms with Crippen molar-refractivity contribution in [1.29, 1.82) is 0 Å². The molecule has 0 spiro atoms. The van der Waals surface area contributed by atoms with E-state index in [0.717, 1.165) is 37.6 Å². The van der Waals surface area contributed by atoms with Crippen molar-refractivity contribution < 1.29 is 14.4 Å². The number of carbonyl (C=O) groups excluding carboxylic acids is 1. The van der Waals surface area contributed by atoms with E-state index < -0.39 is 0 Å². The number of quaternary nitrogens is 1. The molecule has 3 rings (SSSR count). The highest BCUT2D eigenvalue weighted by atomic mass is 16.5. The molecule has 0 radical (unpaired) electrons. The third-order valence-electron chi connectivity index (χ3n) is 5.69. The highest BCUT2D eigenvalue weighted by Crippen LogP contribution is 2.22. The van der Waals surface area contributed by atoms with Crippen molar-refractivity contribution >= 4 is 17.3 Å². The van der Waals surface area contributed by atoms with E-state index in [-0.39, 0.29) is 11.9 Å². The lowest BCUT2D eigenvalue weighted by atomic mass is 10.1. The molecule has 27 heavy (non-hydrogen) atoms. The minimum absolute atomic E-state index is 0.0651. The van der Waals surface area contributed by atoms with Crippen LogP contribution in [-0.4, -0.2) is 45.2 Å². The van der Waals surface area contributed by atoms with Crippen LogP contribution in [-0.2, 0) is 4.79 Å². The summed E-state index contributed by atoms with van der Waals surface area (Å²) in [6.07, 6.45) is 0. The number of benzene rings is 2. The van der Waals surface area contributed by atoms with Crippen LogP contribution >= 0.6 is 0 Å². The monoisotopic (exact) mass is 368 g/mol. The maximum Gasteiger partial charge on any atom is 0.282 e. The van der Waals surface area contributed by atoms with E-state index in [9.17, 15) is 4.79 Å². The van der Waals surface area contributed by atoms with Gasteiger partial charge in [-0.3, -0.25) is 4.79 Å². The Morgan fingerprint density at radius 3 is 2.41 bits per heavy atom. The maximum absolute atomic E-state index is 12.6. The fraction of sp³-hybridized carbons (Fsp3) is 0.409. The van der Waals surface area contributed by atoms with Crippen LogP contribution in [0.4, 0.5) is 11.4 Å². The molecule has 0 bridgehead atoms. The Bertz CT molecular complexity index is 781. The van der Waals surface area contributed by atoms with Crippen molar-refractivity contribution in [3.05, 3.63) is 53.6 Å². The minimum atomic E-state index is -0.0761. The lowest BCUT2D eigenvalue weighted by molar-refractivity contribution is -0.914. The SMILES string of the molecule is COc1ccc(NC(=O)[C@@H](C)[NH+]2CCN(c3cccc(C)c3C)CC2)cc1. The van der Waals surface area contributed by atoms with Gasteiger partial charge in [0.25, 0.3) is 5.91 Å². The highest BCUT2D eigenvalue weighted by Gasteiger charge is 2.29. The summed E-state index contributed by atoms with van der Waals surface area (Å²) >= 11 is 0. The number of nitrogens with one attached hydrogen (secondary N) is 2. The van der Waals surface area contributed by atoms with Gasteiger partial charge < -0.3 is 19.9 Å². The number of piperazine rings is 1. The summed E-state index contributed by atoms with van der Waals surface area (Å²) in [6, 6.07) is 13.9. The zero-order valence-electron chi connectivity index (χ0n) is 16.7. The predicted molar refractivity (Wildman–Crippen MR) is 110 cm³/mol. The molecular weight excluding hydrogens is 338 g/mol. The molecule has 0 aliphatic carbocycles. The van der Waals surface area contributed by atoms with Crippen LogP contribution in [0.25, 0.3) is 0 Å². The first-order valence-electron chi connectivity index (χ1n) is 9.60. The normalized spacial score (nSPS) is 16.1. The van der Waals surface area contributed by atoms with E-state index in [2.05, 4.69) is 42.3 Å². The van der Waals surface area contributed by atoms with Crippen LogP contribution in [0.2, 0.25) is 0 Å². The summed E-state index contributed by atoms with van der Waals surface area (Å²) < 4.78 is 5.16. The van der Waals surface area contributed by atoms with Gasteiger partial charge in [0, 0.05) is 11.4 Å². The van der Waals surface area contributed by atoms with Gasteiger partial charge in [-0.25, -0.2) is 0 Å². The molecule has 0 unspecified atom stereocenters. The average molecular weight is 369 g/mol. The van der Waals surface area contributed by atoms with Gasteiger partial charge in [-0.1, -0.05) is 12.1 Å².